The molecule has 4 heterocycles. The molecule has 55 heavy (non-hydrogen) atoms. The molecule has 0 spiro atoms. The molecule has 3 fully saturated rings. The highest BCUT2D eigenvalue weighted by Crippen LogP contribution is 2.65. The maximum absolute atomic E-state index is 15.2. The second-order valence-corrected chi connectivity index (χ2v) is 17.7. The van der Waals surface area contributed by atoms with E-state index in [1.807, 2.05) is 31.2 Å². The summed E-state index contributed by atoms with van der Waals surface area (Å²) in [5, 5.41) is 18.6. The Bertz CT molecular complexity index is 2570. The van der Waals surface area contributed by atoms with Gasteiger partial charge in [-0.15, -0.1) is 11.3 Å². The first-order chi connectivity index (χ1) is 26.2. The molecule has 2 saturated heterocycles. The van der Waals surface area contributed by atoms with E-state index in [4.69, 9.17) is 33.0 Å². The minimum atomic E-state index is -1.40. The summed E-state index contributed by atoms with van der Waals surface area (Å²) < 4.78 is 8.73. The number of methoxy groups -OCH3 is 1. The van der Waals surface area contributed by atoms with E-state index in [0.29, 0.717) is 37.3 Å². The van der Waals surface area contributed by atoms with E-state index < -0.39 is 46.8 Å². The molecule has 3 aromatic carbocycles. The normalized spacial score (nSPS) is 26.1. The lowest BCUT2D eigenvalue weighted by molar-refractivity contribution is -0.131. The number of anilines is 2. The average Bonchev–Trinajstić information content (AvgIpc) is 3.83. The van der Waals surface area contributed by atoms with Crippen molar-refractivity contribution < 1.29 is 29.0 Å². The van der Waals surface area contributed by atoms with Crippen molar-refractivity contribution in [1.29, 1.82) is 0 Å². The molecule has 4 amide bonds. The number of carbonyl (C=O) groups is 4. The number of thiophene rings is 1. The molecule has 2 aromatic heterocycles. The molecule has 2 aliphatic carbocycles. The molecule has 0 bridgehead atoms. The van der Waals surface area contributed by atoms with Gasteiger partial charge < -0.3 is 9.84 Å². The van der Waals surface area contributed by atoms with E-state index in [1.54, 1.807) is 72.5 Å². The fourth-order valence-electron chi connectivity index (χ4n) is 9.61. The average molecular weight is 861 g/mol. The van der Waals surface area contributed by atoms with Gasteiger partial charge in [-0.2, -0.15) is 5.10 Å². The number of aromatic nitrogens is 2. The fraction of sp³-hybridized carbons (Fsp3) is 0.293. The van der Waals surface area contributed by atoms with Crippen molar-refractivity contribution in [2.45, 2.75) is 32.6 Å². The van der Waals surface area contributed by atoms with Crippen molar-refractivity contribution in [1.82, 2.24) is 9.78 Å². The third kappa shape index (κ3) is 5.14. The number of hydrogen-bond acceptors (Lipinski definition) is 8. The first-order valence-electron chi connectivity index (χ1n) is 17.8. The van der Waals surface area contributed by atoms with E-state index in [1.165, 1.54) is 16.9 Å². The molecule has 1 saturated carbocycles. The predicted molar refractivity (Wildman–Crippen MR) is 215 cm³/mol. The molecule has 0 radical (unpaired) electrons. The number of aryl methyl sites for hydroxylation is 2. The van der Waals surface area contributed by atoms with Crippen LogP contribution >= 0.6 is 50.5 Å². The zero-order valence-corrected chi connectivity index (χ0v) is 33.9. The topological polar surface area (TPSA) is 122 Å². The lowest BCUT2D eigenvalue weighted by Gasteiger charge is -2.49. The van der Waals surface area contributed by atoms with E-state index in [2.05, 4.69) is 15.9 Å². The minimum Gasteiger partial charge on any atom is -0.504 e. The third-order valence-corrected chi connectivity index (χ3v) is 14.4. The summed E-state index contributed by atoms with van der Waals surface area (Å²) in [4.78, 5) is 61.9. The van der Waals surface area contributed by atoms with E-state index in [0.717, 1.165) is 26.1 Å². The van der Waals surface area contributed by atoms with Crippen molar-refractivity contribution in [3.8, 4) is 22.1 Å². The number of aromatic hydroxyl groups is 1. The largest absolute Gasteiger partial charge is 0.504 e. The van der Waals surface area contributed by atoms with Crippen molar-refractivity contribution >= 4 is 95.7 Å². The summed E-state index contributed by atoms with van der Waals surface area (Å²) >= 11 is 17.6. The van der Waals surface area contributed by atoms with Crippen LogP contribution in [0.25, 0.3) is 20.7 Å². The minimum absolute atomic E-state index is 0.154. The second-order valence-electron chi connectivity index (χ2n) is 14.9. The molecular formula is C41H33BrCl2N4O6S. The Morgan fingerprint density at radius 3 is 2.40 bits per heavy atom. The zero-order chi connectivity index (χ0) is 38.8. The number of rotatable bonds is 5. The lowest BCUT2D eigenvalue weighted by Crippen LogP contribution is -2.49. The molecule has 14 heteroatoms. The molecular weight excluding hydrogens is 827 g/mol. The Kier molecular flexibility index (Phi) is 8.40. The molecule has 4 aliphatic rings. The number of allylic oxidation sites excluding steroid dienone is 2. The monoisotopic (exact) mass is 858 g/mol. The summed E-state index contributed by atoms with van der Waals surface area (Å²) in [7, 11) is 3.14. The number of phenolic OH excluding ortho intramolecular Hbond substituents is 1. The number of phenols is 1. The molecule has 5 aromatic rings. The number of amides is 4. The van der Waals surface area contributed by atoms with Crippen LogP contribution in [0.2, 0.25) is 10.0 Å². The van der Waals surface area contributed by atoms with Crippen molar-refractivity contribution in [3.05, 3.63) is 98.0 Å². The predicted octanol–water partition coefficient (Wildman–Crippen LogP) is 8.83. The summed E-state index contributed by atoms with van der Waals surface area (Å²) in [6.45, 7) is 3.77. The molecule has 280 valence electrons. The Morgan fingerprint density at radius 2 is 1.67 bits per heavy atom. The first kappa shape index (κ1) is 36.2. The Hall–Kier alpha value is -4.49. The fourth-order valence-corrected chi connectivity index (χ4v) is 11.5. The van der Waals surface area contributed by atoms with Crippen LogP contribution in [0.5, 0.6) is 11.5 Å². The zero-order valence-electron chi connectivity index (χ0n) is 30.0. The molecule has 6 atom stereocenters. The van der Waals surface area contributed by atoms with Crippen LogP contribution in [0.4, 0.5) is 11.5 Å². The molecule has 9 rings (SSSR count). The van der Waals surface area contributed by atoms with Gasteiger partial charge in [0.1, 0.15) is 11.5 Å². The Labute approximate surface area is 338 Å². The van der Waals surface area contributed by atoms with Gasteiger partial charge in [0, 0.05) is 43.8 Å². The van der Waals surface area contributed by atoms with Crippen molar-refractivity contribution in [2.24, 2.45) is 36.1 Å². The number of carbonyl (C=O) groups excluding carboxylic acids is 4. The van der Waals surface area contributed by atoms with Crippen LogP contribution in [0.15, 0.2) is 76.8 Å². The number of nitrogens with zero attached hydrogens (tertiary/aromatic N) is 4. The van der Waals surface area contributed by atoms with E-state index in [9.17, 15) is 19.5 Å². The van der Waals surface area contributed by atoms with Crippen molar-refractivity contribution in [3.63, 3.8) is 0 Å². The highest BCUT2D eigenvalue weighted by atomic mass is 79.9. The van der Waals surface area contributed by atoms with Crippen LogP contribution in [0.3, 0.4) is 0 Å². The number of imide groups is 2. The summed E-state index contributed by atoms with van der Waals surface area (Å²) in [5.41, 5.74) is 1.74. The van der Waals surface area contributed by atoms with Gasteiger partial charge in [0.15, 0.2) is 11.5 Å². The molecule has 10 nitrogen and oxygen atoms in total. The number of halogens is 3. The van der Waals surface area contributed by atoms with Gasteiger partial charge in [-0.1, -0.05) is 50.8 Å². The van der Waals surface area contributed by atoms with Crippen LogP contribution in [0, 0.1) is 36.0 Å². The van der Waals surface area contributed by atoms with Gasteiger partial charge in [0.25, 0.3) is 0 Å². The van der Waals surface area contributed by atoms with E-state index >= 15 is 4.79 Å². The highest BCUT2D eigenvalue weighted by Gasteiger charge is 2.68. The maximum Gasteiger partial charge on any atom is 0.242 e. The quantitative estimate of drug-likeness (QED) is 0.139. The summed E-state index contributed by atoms with van der Waals surface area (Å²) in [5.74, 6) is -5.01. The standard InChI is InChI=1S/C41H33BrCl2N4O6S/c1-18-25-15-21(44)7-12-31(25)55-36(18)29-17-32(46(3)45-29)48-38(51)28-16-26-23(34(41(28,2)40(48)53)27-13-19(42)14-30(54-4)35(27)49)10-11-24-33(26)39(52)47(37(24)50)22-8-5-20(43)6-9-22/h5-10,12-15,17,24,26,28,33-34,49H,11,16H2,1-4H3/t24-,26+,28-,33-,34+,41+/m0/s1. The van der Waals surface area contributed by atoms with Gasteiger partial charge in [0.05, 0.1) is 40.8 Å². The smallest absolute Gasteiger partial charge is 0.242 e. The van der Waals surface area contributed by atoms with Crippen LogP contribution in [-0.2, 0) is 26.2 Å². The number of benzene rings is 3. The van der Waals surface area contributed by atoms with Gasteiger partial charge in [-0.25, -0.2) is 4.90 Å². The highest BCUT2D eigenvalue weighted by molar-refractivity contribution is 9.10. The first-order valence-corrected chi connectivity index (χ1v) is 20.1. The van der Waals surface area contributed by atoms with Crippen LogP contribution in [0.1, 0.15) is 36.8 Å². The van der Waals surface area contributed by atoms with Crippen molar-refractivity contribution in [2.75, 3.05) is 16.9 Å². The number of fused-ring (bicyclic) bond motifs is 5. The SMILES string of the molecule is COc1cc(Br)cc([C@H]2C3=CC[C@@H]4C(=O)N(c5ccc(Cl)cc5)C(=O)[C@@H]4[C@@H]3C[C@H]3C(=O)N(c4cc(-c5sc6ccc(Cl)cc6c5C)nn4C)C(=O)[C@@]23C)c1O. The molecule has 0 unspecified atom stereocenters. The Morgan fingerprint density at radius 1 is 0.945 bits per heavy atom. The Balaban J connectivity index is 1.18. The van der Waals surface area contributed by atoms with Gasteiger partial charge >= 0.3 is 0 Å². The third-order valence-electron chi connectivity index (χ3n) is 12.2. The second kappa shape index (κ2) is 12.8. The van der Waals surface area contributed by atoms with E-state index in [-0.39, 0.29) is 36.2 Å². The molecule has 2 aliphatic heterocycles. The van der Waals surface area contributed by atoms with Gasteiger partial charge in [0.2, 0.25) is 23.6 Å². The van der Waals surface area contributed by atoms with Crippen LogP contribution in [-0.4, -0.2) is 45.6 Å². The molecule has 1 N–H and O–H groups in total. The maximum atomic E-state index is 15.2. The number of ether oxygens (including phenoxy) is 1. The lowest BCUT2D eigenvalue weighted by atomic mass is 9.51. The van der Waals surface area contributed by atoms with Gasteiger partial charge in [-0.3, -0.25) is 28.8 Å². The van der Waals surface area contributed by atoms with Gasteiger partial charge in [-0.05, 0) is 98.2 Å². The number of hydrogen-bond donors (Lipinski definition) is 1. The summed E-state index contributed by atoms with van der Waals surface area (Å²) in [6.07, 6.45) is 2.35. The van der Waals surface area contributed by atoms with Crippen LogP contribution < -0.4 is 14.5 Å². The summed E-state index contributed by atoms with van der Waals surface area (Å²) in [6, 6.07) is 17.4.